The molecular formula is C21H30N2O4. The number of rotatable bonds is 6. The summed E-state index contributed by atoms with van der Waals surface area (Å²) < 4.78 is 16.6. The number of carbonyl (C=O) groups excluding carboxylic acids is 1. The van der Waals surface area contributed by atoms with Gasteiger partial charge in [-0.2, -0.15) is 0 Å². The molecule has 3 atom stereocenters. The highest BCUT2D eigenvalue weighted by Gasteiger charge is 2.49. The van der Waals surface area contributed by atoms with Gasteiger partial charge >= 0.3 is 0 Å². The van der Waals surface area contributed by atoms with Crippen LogP contribution in [-0.2, 0) is 14.3 Å². The van der Waals surface area contributed by atoms with E-state index in [-0.39, 0.29) is 23.8 Å². The van der Waals surface area contributed by atoms with Crippen LogP contribution in [0.1, 0.15) is 24.4 Å². The van der Waals surface area contributed by atoms with Gasteiger partial charge in [-0.15, -0.1) is 0 Å². The van der Waals surface area contributed by atoms with E-state index in [2.05, 4.69) is 22.3 Å². The fraction of sp³-hybridized carbons (Fsp3) is 0.667. The van der Waals surface area contributed by atoms with Gasteiger partial charge < -0.3 is 19.5 Å². The van der Waals surface area contributed by atoms with E-state index in [1.165, 1.54) is 5.56 Å². The normalized spacial score (nSPS) is 28.3. The molecule has 1 N–H and O–H groups in total. The smallest absolute Gasteiger partial charge is 0.224 e. The zero-order chi connectivity index (χ0) is 18.6. The largest absolute Gasteiger partial charge is 0.493 e. The molecule has 6 nitrogen and oxygen atoms in total. The Bertz CT molecular complexity index is 647. The molecule has 3 aliphatic heterocycles. The molecule has 0 spiro atoms. The van der Waals surface area contributed by atoms with E-state index < -0.39 is 0 Å². The third-order valence-corrected chi connectivity index (χ3v) is 6.19. The van der Waals surface area contributed by atoms with Crippen LogP contribution in [0.15, 0.2) is 24.3 Å². The van der Waals surface area contributed by atoms with Gasteiger partial charge in [0.1, 0.15) is 5.75 Å². The number of fused-ring (bicyclic) bond motifs is 3. The van der Waals surface area contributed by atoms with Crippen LogP contribution in [0.4, 0.5) is 0 Å². The molecule has 0 unspecified atom stereocenters. The number of amides is 1. The van der Waals surface area contributed by atoms with Crippen LogP contribution < -0.4 is 10.1 Å². The number of benzene rings is 1. The number of ether oxygens (including phenoxy) is 3. The molecule has 0 aliphatic carbocycles. The molecular weight excluding hydrogens is 344 g/mol. The lowest BCUT2D eigenvalue weighted by Crippen LogP contribution is -2.39. The molecule has 0 saturated carbocycles. The summed E-state index contributed by atoms with van der Waals surface area (Å²) in [7, 11) is 1.65. The molecule has 1 aromatic rings. The van der Waals surface area contributed by atoms with Gasteiger partial charge in [0.05, 0.1) is 19.1 Å². The minimum absolute atomic E-state index is 0.0416. The topological polar surface area (TPSA) is 60.0 Å². The molecule has 0 bridgehead atoms. The molecule has 3 heterocycles. The second-order valence-electron chi connectivity index (χ2n) is 7.86. The summed E-state index contributed by atoms with van der Waals surface area (Å²) in [5.74, 6) is 1.89. The van der Waals surface area contributed by atoms with E-state index in [4.69, 9.17) is 14.2 Å². The molecule has 2 fully saturated rings. The third-order valence-electron chi connectivity index (χ3n) is 6.19. The van der Waals surface area contributed by atoms with Crippen molar-refractivity contribution in [1.82, 2.24) is 10.2 Å². The molecule has 0 aromatic heterocycles. The highest BCUT2D eigenvalue weighted by molar-refractivity contribution is 5.80. The summed E-state index contributed by atoms with van der Waals surface area (Å²) >= 11 is 0. The van der Waals surface area contributed by atoms with Crippen molar-refractivity contribution in [1.29, 1.82) is 0 Å². The lowest BCUT2D eigenvalue weighted by atomic mass is 9.84. The summed E-state index contributed by atoms with van der Waals surface area (Å²) in [5, 5.41) is 3.04. The number of para-hydroxylation sites is 1. The molecule has 2 saturated heterocycles. The average molecular weight is 374 g/mol. The molecule has 3 aliphatic rings. The van der Waals surface area contributed by atoms with E-state index >= 15 is 0 Å². The molecule has 27 heavy (non-hydrogen) atoms. The maximum atomic E-state index is 12.9. The molecule has 1 aromatic carbocycles. The Morgan fingerprint density at radius 3 is 2.93 bits per heavy atom. The van der Waals surface area contributed by atoms with Crippen LogP contribution in [0.3, 0.4) is 0 Å². The van der Waals surface area contributed by atoms with Gasteiger partial charge in [0.2, 0.25) is 5.91 Å². The third kappa shape index (κ3) is 3.98. The Morgan fingerprint density at radius 2 is 2.11 bits per heavy atom. The summed E-state index contributed by atoms with van der Waals surface area (Å²) in [6.07, 6.45) is 2.22. The van der Waals surface area contributed by atoms with Gasteiger partial charge in [-0.05, 0) is 24.8 Å². The van der Waals surface area contributed by atoms with Gasteiger partial charge in [0.15, 0.2) is 0 Å². The van der Waals surface area contributed by atoms with E-state index in [0.29, 0.717) is 25.7 Å². The lowest BCUT2D eigenvalue weighted by molar-refractivity contribution is -0.126. The number of nitrogens with zero attached hydrogens (tertiary/aromatic N) is 1. The summed E-state index contributed by atoms with van der Waals surface area (Å²) in [4.78, 5) is 15.4. The second kappa shape index (κ2) is 8.59. The van der Waals surface area contributed by atoms with Crippen molar-refractivity contribution in [2.45, 2.75) is 18.9 Å². The van der Waals surface area contributed by atoms with Crippen molar-refractivity contribution >= 4 is 5.91 Å². The predicted molar refractivity (Wildman–Crippen MR) is 102 cm³/mol. The highest BCUT2D eigenvalue weighted by Crippen LogP contribution is 2.47. The van der Waals surface area contributed by atoms with Crippen LogP contribution in [-0.4, -0.2) is 64.0 Å². The minimum Gasteiger partial charge on any atom is -0.493 e. The van der Waals surface area contributed by atoms with Gasteiger partial charge in [0, 0.05) is 57.5 Å². The van der Waals surface area contributed by atoms with Gasteiger partial charge in [-0.25, -0.2) is 0 Å². The molecule has 1 amide bonds. The van der Waals surface area contributed by atoms with Gasteiger partial charge in [-0.1, -0.05) is 18.2 Å². The molecule has 148 valence electrons. The zero-order valence-corrected chi connectivity index (χ0v) is 16.1. The van der Waals surface area contributed by atoms with Crippen LogP contribution >= 0.6 is 0 Å². The molecule has 6 heteroatoms. The predicted octanol–water partition coefficient (Wildman–Crippen LogP) is 1.86. The Labute approximate surface area is 161 Å². The lowest BCUT2D eigenvalue weighted by Gasteiger charge is -2.36. The number of likely N-dealkylation sites (tertiary alicyclic amines) is 1. The standard InChI is InChI=1S/C21H30N2O4/c1-25-11-8-22-21(24)17-13-23(12-15-6-9-26-10-7-15)20-16-4-2-3-5-19(16)27-14-18(17)20/h2-5,15,17-18,20H,6-14H2,1H3,(H,22,24)/t17-,18+,20+/m1/s1. The Hall–Kier alpha value is -1.63. The van der Waals surface area contributed by atoms with E-state index in [0.717, 1.165) is 44.9 Å². The number of carbonyl (C=O) groups is 1. The monoisotopic (exact) mass is 374 g/mol. The first kappa shape index (κ1) is 18.7. The van der Waals surface area contributed by atoms with E-state index in [9.17, 15) is 4.79 Å². The highest BCUT2D eigenvalue weighted by atomic mass is 16.5. The Morgan fingerprint density at radius 1 is 1.30 bits per heavy atom. The fourth-order valence-corrected chi connectivity index (χ4v) is 4.80. The molecule has 4 rings (SSSR count). The summed E-state index contributed by atoms with van der Waals surface area (Å²) in [5.41, 5.74) is 1.23. The molecule has 0 radical (unpaired) electrons. The van der Waals surface area contributed by atoms with E-state index in [1.807, 2.05) is 12.1 Å². The summed E-state index contributed by atoms with van der Waals surface area (Å²) in [6.45, 7) is 5.23. The number of hydrogen-bond donors (Lipinski definition) is 1. The van der Waals surface area contributed by atoms with Crippen molar-refractivity contribution in [2.24, 2.45) is 17.8 Å². The average Bonchev–Trinajstić information content (AvgIpc) is 3.08. The summed E-state index contributed by atoms with van der Waals surface area (Å²) in [6, 6.07) is 8.56. The van der Waals surface area contributed by atoms with Crippen LogP contribution in [0, 0.1) is 17.8 Å². The Kier molecular flexibility index (Phi) is 5.95. The van der Waals surface area contributed by atoms with Crippen molar-refractivity contribution in [3.8, 4) is 5.75 Å². The SMILES string of the molecule is COCCNC(=O)[C@@H]1CN(CC2CCOCC2)[C@H]2c3ccccc3OC[C@@H]12. The maximum absolute atomic E-state index is 12.9. The zero-order valence-electron chi connectivity index (χ0n) is 16.1. The van der Waals surface area contributed by atoms with Crippen LogP contribution in [0.2, 0.25) is 0 Å². The van der Waals surface area contributed by atoms with Crippen molar-refractivity contribution in [2.75, 3.05) is 53.2 Å². The first-order chi connectivity index (χ1) is 13.3. The first-order valence-corrected chi connectivity index (χ1v) is 10.1. The second-order valence-corrected chi connectivity index (χ2v) is 7.86. The van der Waals surface area contributed by atoms with E-state index in [1.54, 1.807) is 7.11 Å². The van der Waals surface area contributed by atoms with Crippen LogP contribution in [0.5, 0.6) is 5.75 Å². The fourth-order valence-electron chi connectivity index (χ4n) is 4.80. The maximum Gasteiger partial charge on any atom is 0.224 e. The number of hydrogen-bond acceptors (Lipinski definition) is 5. The van der Waals surface area contributed by atoms with Gasteiger partial charge in [-0.3, -0.25) is 9.69 Å². The number of nitrogens with one attached hydrogen (secondary N) is 1. The van der Waals surface area contributed by atoms with Crippen molar-refractivity contribution < 1.29 is 19.0 Å². The first-order valence-electron chi connectivity index (χ1n) is 10.1. The van der Waals surface area contributed by atoms with Crippen molar-refractivity contribution in [3.05, 3.63) is 29.8 Å². The quantitative estimate of drug-likeness (QED) is 0.770. The number of methoxy groups -OCH3 is 1. The van der Waals surface area contributed by atoms with Crippen molar-refractivity contribution in [3.63, 3.8) is 0 Å². The van der Waals surface area contributed by atoms with Crippen LogP contribution in [0.25, 0.3) is 0 Å². The van der Waals surface area contributed by atoms with Gasteiger partial charge in [0.25, 0.3) is 0 Å². The Balaban J connectivity index is 1.54. The minimum atomic E-state index is -0.0416.